The Labute approximate surface area is 222 Å². The summed E-state index contributed by atoms with van der Waals surface area (Å²) in [4.78, 5) is 7.97. The largest absolute Gasteiger partial charge is 0.416 e. The van der Waals surface area contributed by atoms with Crippen molar-refractivity contribution in [3.8, 4) is 0 Å². The lowest BCUT2D eigenvalue weighted by atomic mass is 9.71. The molecule has 0 N–H and O–H groups in total. The average molecular weight is 523 g/mol. The van der Waals surface area contributed by atoms with Crippen LogP contribution >= 0.6 is 12.2 Å². The minimum atomic E-state index is -4.36. The van der Waals surface area contributed by atoms with Gasteiger partial charge in [-0.05, 0) is 91.1 Å². The van der Waals surface area contributed by atoms with E-state index >= 15 is 0 Å². The minimum absolute atomic E-state index is 0.345. The maximum atomic E-state index is 13.3. The number of rotatable bonds is 7. The van der Waals surface area contributed by atoms with Crippen molar-refractivity contribution < 1.29 is 13.2 Å². The van der Waals surface area contributed by atoms with Gasteiger partial charge in [-0.3, -0.25) is 9.88 Å². The van der Waals surface area contributed by atoms with Gasteiger partial charge in [0.15, 0.2) is 0 Å². The van der Waals surface area contributed by atoms with Crippen LogP contribution < -0.4 is 0 Å². The van der Waals surface area contributed by atoms with Gasteiger partial charge < -0.3 is 0 Å². The summed E-state index contributed by atoms with van der Waals surface area (Å²) in [7, 11) is 0. The van der Waals surface area contributed by atoms with Gasteiger partial charge in [-0.1, -0.05) is 42.9 Å². The van der Waals surface area contributed by atoms with E-state index in [1.165, 1.54) is 30.5 Å². The Morgan fingerprint density at radius 3 is 2.65 bits per heavy atom. The third kappa shape index (κ3) is 5.51. The smallest absolute Gasteiger partial charge is 0.299 e. The molecule has 0 spiro atoms. The summed E-state index contributed by atoms with van der Waals surface area (Å²) >= 11 is 5.65. The number of fused-ring (bicyclic) bond motifs is 4. The highest BCUT2D eigenvalue weighted by Gasteiger charge is 2.41. The highest BCUT2D eigenvalue weighted by molar-refractivity contribution is 7.80. The van der Waals surface area contributed by atoms with E-state index in [-0.39, 0.29) is 0 Å². The van der Waals surface area contributed by atoms with Crippen molar-refractivity contribution in [1.82, 2.24) is 9.88 Å². The molecule has 0 aliphatic carbocycles. The van der Waals surface area contributed by atoms with E-state index in [2.05, 4.69) is 41.6 Å². The first kappa shape index (κ1) is 26.1. The highest BCUT2D eigenvalue weighted by atomic mass is 32.1. The second kappa shape index (κ2) is 10.3. The Morgan fingerprint density at radius 1 is 1.16 bits per heavy atom. The number of halogens is 3. The summed E-state index contributed by atoms with van der Waals surface area (Å²) < 4.78 is 39.8. The van der Waals surface area contributed by atoms with Gasteiger partial charge >= 0.3 is 6.18 Å². The molecule has 2 bridgehead atoms. The summed E-state index contributed by atoms with van der Waals surface area (Å²) in [5.41, 5.74) is 3.92. The van der Waals surface area contributed by atoms with E-state index < -0.39 is 11.7 Å². The number of nitrogens with zero attached hydrogens (tertiary/aromatic N) is 2. The molecule has 0 amide bonds. The van der Waals surface area contributed by atoms with Gasteiger partial charge in [0, 0.05) is 41.9 Å². The molecule has 2 aromatic carbocycles. The lowest BCUT2D eigenvalue weighted by molar-refractivity contribution is -0.137. The summed E-state index contributed by atoms with van der Waals surface area (Å²) in [6, 6.07) is 13.1. The van der Waals surface area contributed by atoms with E-state index in [0.29, 0.717) is 41.8 Å². The van der Waals surface area contributed by atoms with Gasteiger partial charge in [-0.2, -0.15) is 13.2 Å². The van der Waals surface area contributed by atoms with Crippen LogP contribution in [0, 0.1) is 18.8 Å². The zero-order chi connectivity index (χ0) is 26.3. The molecule has 1 aromatic heterocycles. The predicted octanol–water partition coefficient (Wildman–Crippen LogP) is 7.72. The Morgan fingerprint density at radius 2 is 1.95 bits per heavy atom. The fourth-order valence-electron chi connectivity index (χ4n) is 6.47. The molecule has 4 heterocycles. The molecule has 194 valence electrons. The molecular weight excluding hydrogens is 489 g/mol. The summed E-state index contributed by atoms with van der Waals surface area (Å²) in [6.07, 6.45) is 3.01. The average Bonchev–Trinajstić information content (AvgIpc) is 2.87. The molecule has 3 aliphatic rings. The normalized spacial score (nSPS) is 24.2. The Kier molecular flexibility index (Phi) is 7.25. The van der Waals surface area contributed by atoms with E-state index in [1.54, 1.807) is 13.0 Å². The van der Waals surface area contributed by atoms with Crippen molar-refractivity contribution in [1.29, 1.82) is 0 Å². The van der Waals surface area contributed by atoms with Crippen molar-refractivity contribution >= 4 is 28.0 Å². The van der Waals surface area contributed by atoms with Gasteiger partial charge in [0.1, 0.15) is 0 Å². The summed E-state index contributed by atoms with van der Waals surface area (Å²) in [5, 5.41) is 1.15. The number of thiocarbonyl (C=S) groups is 1. The summed E-state index contributed by atoms with van der Waals surface area (Å²) in [6.45, 7) is 10.3. The van der Waals surface area contributed by atoms with Crippen LogP contribution in [0.25, 0.3) is 10.9 Å². The van der Waals surface area contributed by atoms with Crippen LogP contribution in [0.15, 0.2) is 61.3 Å². The Bertz CT molecular complexity index is 1330. The molecule has 4 unspecified atom stereocenters. The van der Waals surface area contributed by atoms with Crippen molar-refractivity contribution in [3.05, 3.63) is 89.1 Å². The fraction of sp³-hybridized carbons (Fsp3) is 0.419. The number of hydrogen-bond donors (Lipinski definition) is 0. The molecule has 3 saturated heterocycles. The van der Waals surface area contributed by atoms with Gasteiger partial charge in [0.2, 0.25) is 0 Å². The number of benzene rings is 2. The van der Waals surface area contributed by atoms with E-state index in [4.69, 9.17) is 12.2 Å². The number of hydrogen-bond acceptors (Lipinski definition) is 3. The van der Waals surface area contributed by atoms with Crippen LogP contribution in [0.1, 0.15) is 53.5 Å². The maximum absolute atomic E-state index is 13.3. The monoisotopic (exact) mass is 522 g/mol. The SMILES string of the molecule is C=CC1CN2CCC1CC2[C@@H](C)c1ccnc2ccc(CC(=S)Cc3cc(C)cc(C(F)(F)F)c3)cc12. The third-order valence-electron chi connectivity index (χ3n) is 8.33. The molecule has 5 atom stereocenters. The van der Waals surface area contributed by atoms with Gasteiger partial charge in [0.25, 0.3) is 0 Å². The lowest BCUT2D eigenvalue weighted by Crippen LogP contribution is -2.54. The fourth-order valence-corrected chi connectivity index (χ4v) is 6.81. The van der Waals surface area contributed by atoms with Gasteiger partial charge in [0.05, 0.1) is 11.1 Å². The summed E-state index contributed by atoms with van der Waals surface area (Å²) in [5.74, 6) is 1.68. The molecule has 3 aliphatic heterocycles. The molecule has 6 heteroatoms. The van der Waals surface area contributed by atoms with Crippen LogP contribution in [0.2, 0.25) is 0 Å². The molecule has 0 saturated carbocycles. The molecule has 37 heavy (non-hydrogen) atoms. The number of aryl methyl sites for hydroxylation is 1. The molecule has 3 fully saturated rings. The highest BCUT2D eigenvalue weighted by Crippen LogP contribution is 2.42. The second-order valence-electron chi connectivity index (χ2n) is 10.9. The van der Waals surface area contributed by atoms with Crippen molar-refractivity contribution in [2.45, 2.75) is 57.7 Å². The molecule has 2 nitrogen and oxygen atoms in total. The zero-order valence-electron chi connectivity index (χ0n) is 21.4. The van der Waals surface area contributed by atoms with E-state index in [0.717, 1.165) is 40.3 Å². The van der Waals surface area contributed by atoms with Crippen molar-refractivity contribution in [2.75, 3.05) is 13.1 Å². The second-order valence-corrected chi connectivity index (χ2v) is 11.5. The molecular formula is C31H33F3N2S. The first-order valence-electron chi connectivity index (χ1n) is 13.1. The van der Waals surface area contributed by atoms with Crippen LogP contribution in [-0.4, -0.2) is 33.9 Å². The number of aromatic nitrogens is 1. The first-order valence-corrected chi connectivity index (χ1v) is 13.5. The zero-order valence-corrected chi connectivity index (χ0v) is 22.2. The van der Waals surface area contributed by atoms with Crippen LogP contribution in [0.4, 0.5) is 13.2 Å². The number of pyridine rings is 1. The van der Waals surface area contributed by atoms with Crippen molar-refractivity contribution in [2.24, 2.45) is 11.8 Å². The molecule has 6 rings (SSSR count). The number of alkyl halides is 3. The quantitative estimate of drug-likeness (QED) is 0.233. The van der Waals surface area contributed by atoms with E-state index in [1.807, 2.05) is 18.3 Å². The van der Waals surface area contributed by atoms with Crippen LogP contribution in [0.5, 0.6) is 0 Å². The first-order chi connectivity index (χ1) is 17.6. The third-order valence-corrected chi connectivity index (χ3v) is 8.62. The van der Waals surface area contributed by atoms with E-state index in [9.17, 15) is 13.2 Å². The number of piperidine rings is 3. The Hall–Kier alpha value is -2.57. The van der Waals surface area contributed by atoms with Gasteiger partial charge in [-0.25, -0.2) is 0 Å². The van der Waals surface area contributed by atoms with Gasteiger partial charge in [-0.15, -0.1) is 6.58 Å². The lowest BCUT2D eigenvalue weighted by Gasteiger charge is -2.51. The topological polar surface area (TPSA) is 16.1 Å². The maximum Gasteiger partial charge on any atom is 0.416 e. The molecule has 3 aromatic rings. The standard InChI is InChI=1S/C31H33F3N2S/c1-4-23-18-36-10-8-24(23)17-30(36)20(3)27-7-9-35-29-6-5-21(16-28(27)29)14-26(37)15-22-11-19(2)12-25(13-22)31(32,33)34/h4-7,9,11-13,16,20,23-24,30H,1,8,10,14-15,17-18H2,2-3H3/t20-,23?,24?,30?/m0/s1. The molecule has 0 radical (unpaired) electrons. The van der Waals surface area contributed by atoms with Crippen LogP contribution in [0.3, 0.4) is 0 Å². The van der Waals surface area contributed by atoms with Crippen LogP contribution in [-0.2, 0) is 19.0 Å². The minimum Gasteiger partial charge on any atom is -0.299 e. The van der Waals surface area contributed by atoms with Crippen molar-refractivity contribution in [3.63, 3.8) is 0 Å². The Balaban J connectivity index is 1.36. The predicted molar refractivity (Wildman–Crippen MR) is 148 cm³/mol.